The van der Waals surface area contributed by atoms with Gasteiger partial charge in [0.1, 0.15) is 5.82 Å². The average molecular weight is 434 g/mol. The van der Waals surface area contributed by atoms with E-state index in [1.165, 1.54) is 32.4 Å². The zero-order valence-corrected chi connectivity index (χ0v) is 18.5. The summed E-state index contributed by atoms with van der Waals surface area (Å²) in [7, 11) is 0. The third-order valence-electron chi connectivity index (χ3n) is 5.77. The molecule has 3 N–H and O–H groups in total. The fourth-order valence-corrected chi connectivity index (χ4v) is 4.80. The summed E-state index contributed by atoms with van der Waals surface area (Å²) < 4.78 is 1.76. The number of aromatic nitrogens is 4. The molecule has 0 bridgehead atoms. The Morgan fingerprint density at radius 3 is 2.77 bits per heavy atom. The smallest absolute Gasteiger partial charge is 0.225 e. The predicted octanol–water partition coefficient (Wildman–Crippen LogP) is 4.33. The van der Waals surface area contributed by atoms with Gasteiger partial charge in [0.05, 0.1) is 16.8 Å². The van der Waals surface area contributed by atoms with Crippen molar-refractivity contribution in [3.05, 3.63) is 46.7 Å². The third-order valence-corrected chi connectivity index (χ3v) is 6.45. The van der Waals surface area contributed by atoms with Crippen LogP contribution in [0.25, 0.3) is 28.0 Å². The van der Waals surface area contributed by atoms with Gasteiger partial charge in [-0.1, -0.05) is 18.6 Å². The average Bonchev–Trinajstić information content (AvgIpc) is 3.43. The van der Waals surface area contributed by atoms with Gasteiger partial charge in [0.2, 0.25) is 5.95 Å². The van der Waals surface area contributed by atoms with Crippen LogP contribution in [0.4, 0.5) is 11.8 Å². The first kappa shape index (κ1) is 20.0. The lowest BCUT2D eigenvalue weighted by molar-refractivity contribution is 0.237. The lowest BCUT2D eigenvalue weighted by Gasteiger charge is -2.26. The lowest BCUT2D eigenvalue weighted by atomic mass is 10.1. The Morgan fingerprint density at radius 1 is 1.13 bits per heavy atom. The molecule has 1 fully saturated rings. The topological polar surface area (TPSA) is 84.9 Å². The Kier molecular flexibility index (Phi) is 5.57. The summed E-state index contributed by atoms with van der Waals surface area (Å²) in [5.41, 5.74) is 11.1. The van der Waals surface area contributed by atoms with Crippen molar-refractivity contribution >= 4 is 34.1 Å². The number of rotatable bonds is 6. The highest BCUT2D eigenvalue weighted by atomic mass is 32.1. The van der Waals surface area contributed by atoms with E-state index in [9.17, 15) is 0 Å². The Balaban J connectivity index is 1.51. The highest BCUT2D eigenvalue weighted by Crippen LogP contribution is 2.33. The van der Waals surface area contributed by atoms with Crippen molar-refractivity contribution < 1.29 is 0 Å². The number of hydrogen-bond donors (Lipinski definition) is 2. The summed E-state index contributed by atoms with van der Waals surface area (Å²) in [5.74, 6) is 1.15. The number of nitrogens with two attached hydrogens (primary N) is 1. The number of piperidine rings is 1. The number of fused-ring (bicyclic) bond motifs is 1. The van der Waals surface area contributed by atoms with Crippen LogP contribution in [-0.4, -0.2) is 50.8 Å². The molecular formula is C23H27N7S. The molecule has 0 aliphatic carbocycles. The molecule has 0 unspecified atom stereocenters. The second-order valence-corrected chi connectivity index (χ2v) is 8.85. The molecule has 0 saturated carbocycles. The first-order valence-corrected chi connectivity index (χ1v) is 11.8. The number of nitrogen functional groups attached to an aromatic ring is 1. The molecule has 1 saturated heterocycles. The highest BCUT2D eigenvalue weighted by Gasteiger charge is 2.19. The summed E-state index contributed by atoms with van der Waals surface area (Å²) in [5, 5.41) is 13.1. The minimum atomic E-state index is 0.557. The van der Waals surface area contributed by atoms with Crippen LogP contribution in [0.15, 0.2) is 41.1 Å². The molecule has 0 atom stereocenters. The highest BCUT2D eigenvalue weighted by molar-refractivity contribution is 7.08. The summed E-state index contributed by atoms with van der Waals surface area (Å²) in [6.07, 6.45) is 3.93. The van der Waals surface area contributed by atoms with E-state index >= 15 is 0 Å². The van der Waals surface area contributed by atoms with Crippen LogP contribution >= 0.6 is 11.3 Å². The SMILES string of the molecule is Cc1cccc(-n2nc3nc(NCCN4CCCCC4)nc(-c4ccsc4)c3c2N)c1. The van der Waals surface area contributed by atoms with Gasteiger partial charge in [-0.2, -0.15) is 16.3 Å². The van der Waals surface area contributed by atoms with E-state index in [4.69, 9.17) is 20.8 Å². The van der Waals surface area contributed by atoms with Crippen LogP contribution in [0.2, 0.25) is 0 Å². The monoisotopic (exact) mass is 433 g/mol. The Labute approximate surface area is 185 Å². The van der Waals surface area contributed by atoms with E-state index in [0.717, 1.165) is 41.0 Å². The summed E-state index contributed by atoms with van der Waals surface area (Å²) in [4.78, 5) is 12.1. The summed E-state index contributed by atoms with van der Waals surface area (Å²) >= 11 is 1.64. The van der Waals surface area contributed by atoms with Crippen molar-refractivity contribution in [1.29, 1.82) is 0 Å². The van der Waals surface area contributed by atoms with Crippen LogP contribution in [0.1, 0.15) is 24.8 Å². The Morgan fingerprint density at radius 2 is 2.00 bits per heavy atom. The molecule has 31 heavy (non-hydrogen) atoms. The number of benzene rings is 1. The Hall–Kier alpha value is -2.97. The van der Waals surface area contributed by atoms with Crippen LogP contribution in [0.5, 0.6) is 0 Å². The van der Waals surface area contributed by atoms with Crippen LogP contribution in [0.3, 0.4) is 0 Å². The Bertz CT molecular complexity index is 1180. The molecule has 0 radical (unpaired) electrons. The summed E-state index contributed by atoms with van der Waals surface area (Å²) in [6, 6.07) is 10.2. The zero-order valence-electron chi connectivity index (χ0n) is 17.7. The van der Waals surface area contributed by atoms with Crippen LogP contribution < -0.4 is 11.1 Å². The molecule has 8 heteroatoms. The fraction of sp³-hybridized carbons (Fsp3) is 0.348. The molecule has 160 valence electrons. The van der Waals surface area contributed by atoms with E-state index in [1.54, 1.807) is 16.0 Å². The molecule has 1 aromatic carbocycles. The number of aryl methyl sites for hydroxylation is 1. The van der Waals surface area contributed by atoms with Crippen LogP contribution in [0, 0.1) is 6.92 Å². The lowest BCUT2D eigenvalue weighted by Crippen LogP contribution is -2.33. The van der Waals surface area contributed by atoms with Gasteiger partial charge in [-0.05, 0) is 62.0 Å². The minimum Gasteiger partial charge on any atom is -0.383 e. The molecule has 0 amide bonds. The molecular weight excluding hydrogens is 406 g/mol. The fourth-order valence-electron chi connectivity index (χ4n) is 4.16. The second kappa shape index (κ2) is 8.64. The van der Waals surface area contributed by atoms with Gasteiger partial charge in [-0.25, -0.2) is 9.67 Å². The maximum Gasteiger partial charge on any atom is 0.225 e. The normalized spacial score (nSPS) is 14.9. The second-order valence-electron chi connectivity index (χ2n) is 8.07. The maximum absolute atomic E-state index is 6.57. The molecule has 1 aliphatic rings. The van der Waals surface area contributed by atoms with E-state index in [2.05, 4.69) is 40.7 Å². The quantitative estimate of drug-likeness (QED) is 0.471. The number of thiophene rings is 1. The standard InChI is InChI=1S/C23H27N7S/c1-16-6-5-7-18(14-16)30-21(24)19-20(17-8-13-31-15-17)26-23(27-22(19)28-30)25-9-12-29-10-3-2-4-11-29/h5-8,13-15H,2-4,9-12,24H2,1H3,(H,25,27,28). The first-order valence-electron chi connectivity index (χ1n) is 10.8. The van der Waals surface area contributed by atoms with Crippen molar-refractivity contribution in [1.82, 2.24) is 24.6 Å². The first-order chi connectivity index (χ1) is 15.2. The molecule has 1 aliphatic heterocycles. The number of nitrogens with zero attached hydrogens (tertiary/aromatic N) is 5. The van der Waals surface area contributed by atoms with Crippen molar-refractivity contribution in [2.45, 2.75) is 26.2 Å². The van der Waals surface area contributed by atoms with E-state index in [-0.39, 0.29) is 0 Å². The van der Waals surface area contributed by atoms with Gasteiger partial charge in [0.15, 0.2) is 5.65 Å². The molecule has 5 rings (SSSR count). The van der Waals surface area contributed by atoms with Gasteiger partial charge < -0.3 is 16.0 Å². The van der Waals surface area contributed by atoms with E-state index in [0.29, 0.717) is 17.4 Å². The molecule has 4 aromatic rings. The van der Waals surface area contributed by atoms with Gasteiger partial charge >= 0.3 is 0 Å². The molecule has 7 nitrogen and oxygen atoms in total. The van der Waals surface area contributed by atoms with E-state index < -0.39 is 0 Å². The van der Waals surface area contributed by atoms with Gasteiger partial charge in [0, 0.05) is 24.0 Å². The maximum atomic E-state index is 6.57. The molecule has 0 spiro atoms. The number of anilines is 2. The van der Waals surface area contributed by atoms with Gasteiger partial charge in [-0.3, -0.25) is 0 Å². The molecule has 4 heterocycles. The third kappa shape index (κ3) is 4.13. The van der Waals surface area contributed by atoms with Crippen LogP contribution in [-0.2, 0) is 0 Å². The van der Waals surface area contributed by atoms with E-state index in [1.807, 2.05) is 17.5 Å². The van der Waals surface area contributed by atoms with Crippen molar-refractivity contribution in [3.8, 4) is 16.9 Å². The number of likely N-dealkylation sites (tertiary alicyclic amines) is 1. The number of hydrogen-bond acceptors (Lipinski definition) is 7. The number of nitrogens with one attached hydrogen (secondary N) is 1. The molecule has 3 aromatic heterocycles. The van der Waals surface area contributed by atoms with Crippen molar-refractivity contribution in [3.63, 3.8) is 0 Å². The van der Waals surface area contributed by atoms with Gasteiger partial charge in [0.25, 0.3) is 0 Å². The zero-order chi connectivity index (χ0) is 21.2. The van der Waals surface area contributed by atoms with Crippen molar-refractivity contribution in [2.75, 3.05) is 37.2 Å². The predicted molar refractivity (Wildman–Crippen MR) is 128 cm³/mol. The largest absolute Gasteiger partial charge is 0.383 e. The summed E-state index contributed by atoms with van der Waals surface area (Å²) in [6.45, 7) is 6.22. The van der Waals surface area contributed by atoms with Crippen molar-refractivity contribution in [2.24, 2.45) is 0 Å². The minimum absolute atomic E-state index is 0.557. The van der Waals surface area contributed by atoms with Gasteiger partial charge in [-0.15, -0.1) is 5.10 Å².